The molecule has 0 amide bonds. The van der Waals surface area contributed by atoms with E-state index in [0.29, 0.717) is 18.9 Å². The third-order valence-corrected chi connectivity index (χ3v) is 5.13. The van der Waals surface area contributed by atoms with E-state index in [4.69, 9.17) is 14.5 Å². The van der Waals surface area contributed by atoms with Gasteiger partial charge in [0.2, 0.25) is 5.90 Å². The number of carbonyl (C=O) groups is 1. The molecule has 2 heterocycles. The van der Waals surface area contributed by atoms with Crippen LogP contribution < -0.4 is 0 Å². The first-order chi connectivity index (χ1) is 9.63. The maximum atomic E-state index is 10.8. The fourth-order valence-corrected chi connectivity index (χ4v) is 3.78. The highest BCUT2D eigenvalue weighted by molar-refractivity contribution is 5.91. The Morgan fingerprint density at radius 3 is 2.70 bits per heavy atom. The van der Waals surface area contributed by atoms with Crippen molar-refractivity contribution in [2.75, 3.05) is 6.61 Å². The van der Waals surface area contributed by atoms with Crippen LogP contribution in [0.4, 0.5) is 0 Å². The van der Waals surface area contributed by atoms with Crippen molar-refractivity contribution in [2.45, 2.75) is 76.0 Å². The molecule has 1 saturated heterocycles. The smallest absolute Gasteiger partial charge is 0.220 e. The monoisotopic (exact) mass is 279 g/mol. The number of hydrogen-bond donors (Lipinski definition) is 0. The van der Waals surface area contributed by atoms with E-state index in [1.807, 2.05) is 0 Å². The zero-order chi connectivity index (χ0) is 14.2. The minimum absolute atomic E-state index is 0.0844. The largest absolute Gasteiger partial charge is 0.477 e. The molecule has 0 radical (unpaired) electrons. The van der Waals surface area contributed by atoms with Crippen molar-refractivity contribution in [1.82, 2.24) is 0 Å². The summed E-state index contributed by atoms with van der Waals surface area (Å²) in [7, 11) is 0. The van der Waals surface area contributed by atoms with Gasteiger partial charge in [-0.2, -0.15) is 0 Å². The van der Waals surface area contributed by atoms with Crippen LogP contribution in [0.2, 0.25) is 0 Å². The van der Waals surface area contributed by atoms with Gasteiger partial charge in [0.05, 0.1) is 6.04 Å². The Labute approximate surface area is 120 Å². The number of carbonyl (C=O) groups excluding carboxylic acids is 1. The summed E-state index contributed by atoms with van der Waals surface area (Å²) < 4.78 is 12.1. The Bertz CT molecular complexity index is 412. The van der Waals surface area contributed by atoms with E-state index >= 15 is 0 Å². The predicted octanol–water partition coefficient (Wildman–Crippen LogP) is 2.89. The van der Waals surface area contributed by atoms with Crippen LogP contribution in [0.1, 0.15) is 58.8 Å². The van der Waals surface area contributed by atoms with Gasteiger partial charge in [0.15, 0.2) is 5.60 Å². The lowest BCUT2D eigenvalue weighted by Crippen LogP contribution is -2.36. The number of aliphatic imine (C=N–C) groups is 1. The molecule has 0 aromatic carbocycles. The number of epoxide rings is 1. The summed E-state index contributed by atoms with van der Waals surface area (Å²) in [5.41, 5.74) is -0.475. The standard InChI is InChI=1S/C16H25NO3/c1-12(2)13-11-19-14(17-13)16(9-6-10-18)15(20-16)7-4-3-5-8-15/h10,12-13H,3-9,11H2,1-2H3/t13-,16+/m1/s1. The molecule has 4 heteroatoms. The van der Waals surface area contributed by atoms with Gasteiger partial charge in [-0.1, -0.05) is 33.1 Å². The summed E-state index contributed by atoms with van der Waals surface area (Å²) >= 11 is 0. The highest BCUT2D eigenvalue weighted by atomic mass is 16.7. The molecule has 3 rings (SSSR count). The fraction of sp³-hybridized carbons (Fsp3) is 0.875. The topological polar surface area (TPSA) is 51.2 Å². The van der Waals surface area contributed by atoms with E-state index in [9.17, 15) is 4.79 Å². The second-order valence-corrected chi connectivity index (χ2v) is 6.75. The van der Waals surface area contributed by atoms with Crippen LogP contribution in [0.15, 0.2) is 4.99 Å². The lowest BCUT2D eigenvalue weighted by atomic mass is 9.78. The average molecular weight is 279 g/mol. The Morgan fingerprint density at radius 2 is 2.10 bits per heavy atom. The van der Waals surface area contributed by atoms with Crippen molar-refractivity contribution in [3.8, 4) is 0 Å². The van der Waals surface area contributed by atoms with Gasteiger partial charge in [0.25, 0.3) is 0 Å². The van der Waals surface area contributed by atoms with E-state index < -0.39 is 5.60 Å². The lowest BCUT2D eigenvalue weighted by molar-refractivity contribution is -0.108. The molecule has 1 aliphatic carbocycles. The zero-order valence-electron chi connectivity index (χ0n) is 12.6. The molecule has 0 bridgehead atoms. The summed E-state index contributed by atoms with van der Waals surface area (Å²) in [6, 6.07) is 0.239. The summed E-state index contributed by atoms with van der Waals surface area (Å²) in [6.45, 7) is 5.00. The number of hydrogen-bond acceptors (Lipinski definition) is 4. The van der Waals surface area contributed by atoms with Crippen LogP contribution in [0.3, 0.4) is 0 Å². The van der Waals surface area contributed by atoms with Gasteiger partial charge < -0.3 is 14.3 Å². The van der Waals surface area contributed by atoms with Crippen LogP contribution >= 0.6 is 0 Å². The van der Waals surface area contributed by atoms with E-state index in [0.717, 1.165) is 31.4 Å². The van der Waals surface area contributed by atoms with E-state index in [-0.39, 0.29) is 11.6 Å². The molecule has 0 unspecified atom stereocenters. The second-order valence-electron chi connectivity index (χ2n) is 6.75. The maximum Gasteiger partial charge on any atom is 0.220 e. The molecule has 4 nitrogen and oxygen atoms in total. The minimum atomic E-state index is -0.391. The first-order valence-electron chi connectivity index (χ1n) is 7.98. The number of aldehydes is 1. The normalized spacial score (nSPS) is 35.0. The van der Waals surface area contributed by atoms with Gasteiger partial charge in [-0.25, -0.2) is 4.99 Å². The van der Waals surface area contributed by atoms with E-state index in [1.54, 1.807) is 0 Å². The van der Waals surface area contributed by atoms with Gasteiger partial charge in [0, 0.05) is 6.42 Å². The van der Waals surface area contributed by atoms with Crippen LogP contribution in [-0.4, -0.2) is 36.0 Å². The van der Waals surface area contributed by atoms with Crippen LogP contribution in [0, 0.1) is 5.92 Å². The van der Waals surface area contributed by atoms with Crippen LogP contribution in [0.25, 0.3) is 0 Å². The van der Waals surface area contributed by atoms with Crippen molar-refractivity contribution < 1.29 is 14.3 Å². The molecule has 112 valence electrons. The first kappa shape index (κ1) is 14.1. The molecule has 0 aromatic heterocycles. The number of nitrogens with zero attached hydrogens (tertiary/aromatic N) is 1. The van der Waals surface area contributed by atoms with E-state index in [2.05, 4.69) is 13.8 Å². The van der Waals surface area contributed by atoms with Crippen molar-refractivity contribution in [2.24, 2.45) is 10.9 Å². The summed E-state index contributed by atoms with van der Waals surface area (Å²) in [6.07, 6.45) is 8.11. The molecule has 2 atom stereocenters. The second kappa shape index (κ2) is 5.14. The van der Waals surface area contributed by atoms with Crippen molar-refractivity contribution in [3.63, 3.8) is 0 Å². The third-order valence-electron chi connectivity index (χ3n) is 5.13. The Morgan fingerprint density at radius 1 is 1.35 bits per heavy atom. The van der Waals surface area contributed by atoms with Crippen molar-refractivity contribution >= 4 is 12.2 Å². The van der Waals surface area contributed by atoms with Gasteiger partial charge in [0.1, 0.15) is 18.5 Å². The zero-order valence-corrected chi connectivity index (χ0v) is 12.6. The van der Waals surface area contributed by atoms with E-state index in [1.165, 1.54) is 19.3 Å². The molecule has 20 heavy (non-hydrogen) atoms. The lowest BCUT2D eigenvalue weighted by Gasteiger charge is -2.23. The molecule has 1 saturated carbocycles. The SMILES string of the molecule is CC(C)[C@H]1COC([C@]2(CCC=O)OC23CCCCC3)=N1. The molecular formula is C16H25NO3. The summed E-state index contributed by atoms with van der Waals surface area (Å²) in [5, 5.41) is 0. The van der Waals surface area contributed by atoms with Gasteiger partial charge in [-0.3, -0.25) is 0 Å². The highest BCUT2D eigenvalue weighted by Gasteiger charge is 2.73. The van der Waals surface area contributed by atoms with Crippen molar-refractivity contribution in [1.29, 1.82) is 0 Å². The fourth-order valence-electron chi connectivity index (χ4n) is 3.78. The van der Waals surface area contributed by atoms with Crippen LogP contribution in [-0.2, 0) is 14.3 Å². The van der Waals surface area contributed by atoms with Gasteiger partial charge in [-0.15, -0.1) is 0 Å². The number of rotatable bonds is 5. The molecular weight excluding hydrogens is 254 g/mol. The minimum Gasteiger partial charge on any atom is -0.477 e. The maximum absolute atomic E-state index is 10.8. The highest BCUT2D eigenvalue weighted by Crippen LogP contribution is 2.60. The molecule has 2 aliphatic heterocycles. The first-order valence-corrected chi connectivity index (χ1v) is 7.98. The van der Waals surface area contributed by atoms with Gasteiger partial charge in [-0.05, 0) is 25.2 Å². The quantitative estimate of drug-likeness (QED) is 0.574. The molecule has 1 spiro atoms. The molecule has 2 fully saturated rings. The summed E-state index contributed by atoms with van der Waals surface area (Å²) in [4.78, 5) is 15.6. The Kier molecular flexibility index (Phi) is 3.61. The van der Waals surface area contributed by atoms with Gasteiger partial charge >= 0.3 is 0 Å². The predicted molar refractivity (Wildman–Crippen MR) is 76.9 cm³/mol. The Balaban J connectivity index is 1.81. The molecule has 3 aliphatic rings. The van der Waals surface area contributed by atoms with Crippen molar-refractivity contribution in [3.05, 3.63) is 0 Å². The van der Waals surface area contributed by atoms with Crippen LogP contribution in [0.5, 0.6) is 0 Å². The molecule has 0 aromatic rings. The third kappa shape index (κ3) is 2.09. The summed E-state index contributed by atoms with van der Waals surface area (Å²) in [5.74, 6) is 1.26. The number of ether oxygens (including phenoxy) is 2. The average Bonchev–Trinajstić information content (AvgIpc) is 2.86. The Hall–Kier alpha value is -0.900. The molecule has 0 N–H and O–H groups in total.